The molecule has 0 aliphatic heterocycles. The molecule has 0 amide bonds. The van der Waals surface area contributed by atoms with Crippen LogP contribution in [0.3, 0.4) is 0 Å². The predicted molar refractivity (Wildman–Crippen MR) is 77.7 cm³/mol. The summed E-state index contributed by atoms with van der Waals surface area (Å²) in [6, 6.07) is 10.9. The van der Waals surface area contributed by atoms with E-state index in [4.69, 9.17) is 5.73 Å². The molecule has 0 radical (unpaired) electrons. The molecule has 0 aromatic heterocycles. The Morgan fingerprint density at radius 2 is 1.47 bits per heavy atom. The first-order chi connectivity index (χ1) is 8.84. The number of hydrogen-bond donors (Lipinski definition) is 1. The zero-order valence-electron chi connectivity index (χ0n) is 11.9. The van der Waals surface area contributed by atoms with Gasteiger partial charge in [-0.3, -0.25) is 0 Å². The molecule has 0 fully saturated rings. The normalized spacial score (nSPS) is 14.2. The number of halogens is 1. The fourth-order valence-electron chi connectivity index (χ4n) is 2.55. The Morgan fingerprint density at radius 3 is 2.11 bits per heavy atom. The van der Waals surface area contributed by atoms with Gasteiger partial charge in [-0.15, -0.1) is 0 Å². The van der Waals surface area contributed by atoms with Crippen molar-refractivity contribution >= 4 is 0 Å². The van der Waals surface area contributed by atoms with Crippen LogP contribution >= 0.6 is 0 Å². The third kappa shape index (κ3) is 2.41. The van der Waals surface area contributed by atoms with Gasteiger partial charge in [0, 0.05) is 5.56 Å². The molecule has 0 heterocycles. The molecule has 2 aromatic rings. The quantitative estimate of drug-likeness (QED) is 0.865. The molecule has 100 valence electrons. The lowest BCUT2D eigenvalue weighted by Gasteiger charge is -2.29. The molecular formula is C17H20FN. The summed E-state index contributed by atoms with van der Waals surface area (Å²) in [6.45, 7) is 8.01. The molecule has 0 aliphatic carbocycles. The van der Waals surface area contributed by atoms with Crippen LogP contribution in [0.4, 0.5) is 4.39 Å². The van der Waals surface area contributed by atoms with Crippen molar-refractivity contribution in [3.63, 3.8) is 0 Å². The minimum absolute atomic E-state index is 0.259. The second-order valence-corrected chi connectivity index (χ2v) is 5.43. The summed E-state index contributed by atoms with van der Waals surface area (Å²) in [6.07, 6.45) is 0. The first-order valence-corrected chi connectivity index (χ1v) is 6.46. The maximum Gasteiger partial charge on any atom is 0.128 e. The average Bonchev–Trinajstić information content (AvgIpc) is 2.34. The largest absolute Gasteiger partial charge is 0.318 e. The van der Waals surface area contributed by atoms with Crippen molar-refractivity contribution in [2.24, 2.45) is 5.73 Å². The second kappa shape index (κ2) is 4.78. The summed E-state index contributed by atoms with van der Waals surface area (Å²) >= 11 is 0. The maximum absolute atomic E-state index is 14.0. The van der Waals surface area contributed by atoms with E-state index < -0.39 is 5.54 Å². The van der Waals surface area contributed by atoms with Crippen LogP contribution in [0.15, 0.2) is 36.4 Å². The molecule has 2 heteroatoms. The van der Waals surface area contributed by atoms with Gasteiger partial charge in [0.2, 0.25) is 0 Å². The van der Waals surface area contributed by atoms with Crippen LogP contribution in [-0.2, 0) is 5.54 Å². The molecule has 0 aliphatic rings. The second-order valence-electron chi connectivity index (χ2n) is 5.43. The van der Waals surface area contributed by atoms with Crippen LogP contribution in [-0.4, -0.2) is 0 Å². The van der Waals surface area contributed by atoms with Crippen LogP contribution in [0.25, 0.3) is 0 Å². The number of rotatable bonds is 2. The Bertz CT molecular complexity index is 615. The van der Waals surface area contributed by atoms with Crippen molar-refractivity contribution in [1.29, 1.82) is 0 Å². The third-order valence-corrected chi connectivity index (χ3v) is 3.83. The molecule has 0 spiro atoms. The van der Waals surface area contributed by atoms with Gasteiger partial charge in [0.15, 0.2) is 0 Å². The minimum atomic E-state index is -0.826. The third-order valence-electron chi connectivity index (χ3n) is 3.83. The summed E-state index contributed by atoms with van der Waals surface area (Å²) in [7, 11) is 0. The van der Waals surface area contributed by atoms with Gasteiger partial charge in [0.1, 0.15) is 5.82 Å². The van der Waals surface area contributed by atoms with E-state index in [0.717, 1.165) is 11.1 Å². The monoisotopic (exact) mass is 257 g/mol. The van der Waals surface area contributed by atoms with Crippen LogP contribution < -0.4 is 5.73 Å². The summed E-state index contributed by atoms with van der Waals surface area (Å²) in [4.78, 5) is 0. The average molecular weight is 257 g/mol. The fraction of sp³-hybridized carbons (Fsp3) is 0.294. The van der Waals surface area contributed by atoms with Gasteiger partial charge >= 0.3 is 0 Å². The van der Waals surface area contributed by atoms with Crippen molar-refractivity contribution in [1.82, 2.24) is 0 Å². The Morgan fingerprint density at radius 1 is 0.895 bits per heavy atom. The predicted octanol–water partition coefficient (Wildman–Crippen LogP) is 3.97. The highest BCUT2D eigenvalue weighted by Gasteiger charge is 2.28. The Labute approximate surface area is 114 Å². The van der Waals surface area contributed by atoms with E-state index in [1.807, 2.05) is 19.9 Å². The van der Waals surface area contributed by atoms with Crippen molar-refractivity contribution < 1.29 is 4.39 Å². The highest BCUT2D eigenvalue weighted by molar-refractivity contribution is 5.45. The number of nitrogens with two attached hydrogens (primary N) is 1. The molecule has 0 saturated carbocycles. The van der Waals surface area contributed by atoms with E-state index in [9.17, 15) is 4.39 Å². The van der Waals surface area contributed by atoms with Gasteiger partial charge < -0.3 is 5.73 Å². The van der Waals surface area contributed by atoms with Crippen LogP contribution in [0.2, 0.25) is 0 Å². The van der Waals surface area contributed by atoms with E-state index in [1.54, 1.807) is 12.1 Å². The van der Waals surface area contributed by atoms with Crippen LogP contribution in [0.1, 0.15) is 34.7 Å². The Hall–Kier alpha value is -1.67. The highest BCUT2D eigenvalue weighted by atomic mass is 19.1. The lowest BCUT2D eigenvalue weighted by atomic mass is 9.81. The van der Waals surface area contributed by atoms with Gasteiger partial charge in [0.25, 0.3) is 0 Å². The van der Waals surface area contributed by atoms with Crippen molar-refractivity contribution in [3.8, 4) is 0 Å². The summed E-state index contributed by atoms with van der Waals surface area (Å²) in [5.74, 6) is -0.259. The van der Waals surface area contributed by atoms with E-state index in [2.05, 4.69) is 26.0 Å². The standard InChI is InChI=1S/C17H20FN/c1-11-9-13(3)15(10-12(11)2)17(4,19)14-7-5-6-8-16(14)18/h5-10H,19H2,1-4H3. The first-order valence-electron chi connectivity index (χ1n) is 6.46. The molecule has 0 saturated heterocycles. The molecule has 1 nitrogen and oxygen atoms in total. The Balaban J connectivity index is 2.63. The molecular weight excluding hydrogens is 237 g/mol. The topological polar surface area (TPSA) is 26.0 Å². The Kier molecular flexibility index (Phi) is 3.46. The summed E-state index contributed by atoms with van der Waals surface area (Å²) in [5.41, 5.74) is 10.6. The minimum Gasteiger partial charge on any atom is -0.318 e. The SMILES string of the molecule is Cc1cc(C)c(C(C)(N)c2ccccc2F)cc1C. The van der Waals surface area contributed by atoms with E-state index in [-0.39, 0.29) is 5.82 Å². The zero-order valence-corrected chi connectivity index (χ0v) is 11.9. The van der Waals surface area contributed by atoms with Gasteiger partial charge in [0.05, 0.1) is 5.54 Å². The molecule has 19 heavy (non-hydrogen) atoms. The van der Waals surface area contributed by atoms with Gasteiger partial charge in [-0.25, -0.2) is 4.39 Å². The van der Waals surface area contributed by atoms with Crippen molar-refractivity contribution in [2.45, 2.75) is 33.2 Å². The molecule has 1 atom stereocenters. The van der Waals surface area contributed by atoms with E-state index >= 15 is 0 Å². The number of hydrogen-bond acceptors (Lipinski definition) is 1. The lowest BCUT2D eigenvalue weighted by Crippen LogP contribution is -2.36. The summed E-state index contributed by atoms with van der Waals surface area (Å²) in [5, 5.41) is 0. The van der Waals surface area contributed by atoms with Crippen LogP contribution in [0.5, 0.6) is 0 Å². The molecule has 2 rings (SSSR count). The number of benzene rings is 2. The first kappa shape index (κ1) is 13.8. The van der Waals surface area contributed by atoms with Gasteiger partial charge in [-0.2, -0.15) is 0 Å². The van der Waals surface area contributed by atoms with E-state index in [1.165, 1.54) is 17.2 Å². The maximum atomic E-state index is 14.0. The highest BCUT2D eigenvalue weighted by Crippen LogP contribution is 2.32. The molecule has 2 aromatic carbocycles. The lowest BCUT2D eigenvalue weighted by molar-refractivity contribution is 0.528. The van der Waals surface area contributed by atoms with E-state index in [0.29, 0.717) is 5.56 Å². The van der Waals surface area contributed by atoms with Gasteiger partial charge in [-0.1, -0.05) is 30.3 Å². The zero-order chi connectivity index (χ0) is 14.2. The number of aryl methyl sites for hydroxylation is 3. The fourth-order valence-corrected chi connectivity index (χ4v) is 2.55. The molecule has 2 N–H and O–H groups in total. The van der Waals surface area contributed by atoms with Gasteiger partial charge in [-0.05, 0) is 56.0 Å². The van der Waals surface area contributed by atoms with Crippen molar-refractivity contribution in [3.05, 3.63) is 70.0 Å². The molecule has 1 unspecified atom stereocenters. The van der Waals surface area contributed by atoms with Crippen molar-refractivity contribution in [2.75, 3.05) is 0 Å². The molecule has 0 bridgehead atoms. The summed E-state index contributed by atoms with van der Waals surface area (Å²) < 4.78 is 14.0. The smallest absolute Gasteiger partial charge is 0.128 e. The van der Waals surface area contributed by atoms with Crippen LogP contribution in [0, 0.1) is 26.6 Å².